The van der Waals surface area contributed by atoms with Gasteiger partial charge in [-0.25, -0.2) is 14.0 Å². The maximum atomic E-state index is 6.27. The molecule has 0 aliphatic carbocycles. The summed E-state index contributed by atoms with van der Waals surface area (Å²) in [5.41, 5.74) is 1.68. The number of rotatable bonds is 5. The molecular weight excluding hydrogens is 275 g/mol. The van der Waals surface area contributed by atoms with Gasteiger partial charge in [0.2, 0.25) is 0 Å². The lowest BCUT2D eigenvalue weighted by Crippen LogP contribution is -2.42. The van der Waals surface area contributed by atoms with E-state index in [1.54, 1.807) is 0 Å². The van der Waals surface area contributed by atoms with Crippen LogP contribution in [0.15, 0.2) is 24.3 Å². The summed E-state index contributed by atoms with van der Waals surface area (Å²) in [5.74, 6) is 0. The Morgan fingerprint density at radius 2 is 1.50 bits per heavy atom. The van der Waals surface area contributed by atoms with Crippen molar-refractivity contribution in [2.24, 2.45) is 0 Å². The molecule has 7 nitrogen and oxygen atoms in total. The van der Waals surface area contributed by atoms with E-state index in [1.807, 2.05) is 66.6 Å². The standard InChI is InChI=1S/C12H22N6OP/c1-15(2)20(16(3)4,17(5)6)19-18-12-10-8-7-9-11(12)13-14-18/h7-10H,1-6H3. The van der Waals surface area contributed by atoms with Crippen molar-refractivity contribution in [3.63, 3.8) is 0 Å². The van der Waals surface area contributed by atoms with Crippen LogP contribution in [0.25, 0.3) is 11.0 Å². The lowest BCUT2D eigenvalue weighted by molar-refractivity contribution is 0.189. The van der Waals surface area contributed by atoms with E-state index >= 15 is 0 Å². The summed E-state index contributed by atoms with van der Waals surface area (Å²) in [4.78, 5) is 1.52. The van der Waals surface area contributed by atoms with Crippen LogP contribution in [0.2, 0.25) is 0 Å². The van der Waals surface area contributed by atoms with E-state index in [-0.39, 0.29) is 0 Å². The lowest BCUT2D eigenvalue weighted by atomic mass is 10.3. The Kier molecular flexibility index (Phi) is 4.25. The molecule has 20 heavy (non-hydrogen) atoms. The quantitative estimate of drug-likeness (QED) is 0.774. The third kappa shape index (κ3) is 2.38. The van der Waals surface area contributed by atoms with E-state index in [1.165, 1.54) is 4.85 Å². The Morgan fingerprint density at radius 1 is 0.950 bits per heavy atom. The van der Waals surface area contributed by atoms with E-state index in [4.69, 9.17) is 4.62 Å². The summed E-state index contributed by atoms with van der Waals surface area (Å²) < 4.78 is 12.5. The van der Waals surface area contributed by atoms with Gasteiger partial charge in [-0.15, -0.1) is 5.10 Å². The SMILES string of the molecule is CN(C)[P](On1nnc2ccccc21)(N(C)C)N(C)C. The Balaban J connectivity index is 2.47. The van der Waals surface area contributed by atoms with E-state index in [9.17, 15) is 0 Å². The molecule has 1 aromatic carbocycles. The van der Waals surface area contributed by atoms with Gasteiger partial charge in [0.05, 0.1) is 0 Å². The molecule has 0 unspecified atom stereocenters. The average Bonchev–Trinajstić information content (AvgIpc) is 2.77. The predicted octanol–water partition coefficient (Wildman–Crippen LogP) is 1.22. The van der Waals surface area contributed by atoms with Crippen LogP contribution in [0.1, 0.15) is 0 Å². The molecule has 8 heteroatoms. The number of para-hydroxylation sites is 1. The molecule has 0 saturated carbocycles. The summed E-state index contributed by atoms with van der Waals surface area (Å²) >= 11 is 0. The minimum Gasteiger partial charge on any atom is -0.335 e. The van der Waals surface area contributed by atoms with Crippen molar-refractivity contribution in [2.45, 2.75) is 0 Å². The first-order chi connectivity index (χ1) is 9.39. The zero-order chi connectivity index (χ0) is 14.9. The van der Waals surface area contributed by atoms with Crippen molar-refractivity contribution >= 4 is 19.0 Å². The molecule has 2 rings (SSSR count). The van der Waals surface area contributed by atoms with Crippen molar-refractivity contribution in [3.8, 4) is 0 Å². The molecule has 0 N–H and O–H groups in total. The topological polar surface area (TPSA) is 49.7 Å². The number of hydrogen-bond donors (Lipinski definition) is 0. The second-order valence-electron chi connectivity index (χ2n) is 5.09. The van der Waals surface area contributed by atoms with Crippen molar-refractivity contribution in [3.05, 3.63) is 24.3 Å². The van der Waals surface area contributed by atoms with Crippen LogP contribution in [-0.2, 0) is 0 Å². The smallest absolute Gasteiger partial charge is 0.263 e. The minimum atomic E-state index is -2.14. The number of hydrogen-bond acceptors (Lipinski definition) is 6. The first kappa shape index (κ1) is 15.1. The Morgan fingerprint density at radius 3 is 2.05 bits per heavy atom. The molecule has 1 heterocycles. The highest BCUT2D eigenvalue weighted by Crippen LogP contribution is 2.61. The Hall–Kier alpha value is -1.27. The van der Waals surface area contributed by atoms with Crippen LogP contribution in [-0.4, -0.2) is 71.5 Å². The molecular formula is C12H22N6OP. The van der Waals surface area contributed by atoms with E-state index < -0.39 is 7.94 Å². The van der Waals surface area contributed by atoms with E-state index in [2.05, 4.69) is 24.3 Å². The van der Waals surface area contributed by atoms with Crippen molar-refractivity contribution in [2.75, 3.05) is 42.3 Å². The number of benzene rings is 1. The van der Waals surface area contributed by atoms with Gasteiger partial charge in [-0.1, -0.05) is 17.0 Å². The minimum absolute atomic E-state index is 0.821. The highest BCUT2D eigenvalue weighted by Gasteiger charge is 2.41. The van der Waals surface area contributed by atoms with Gasteiger partial charge in [-0.2, -0.15) is 0 Å². The fourth-order valence-electron chi connectivity index (χ4n) is 2.30. The zero-order valence-corrected chi connectivity index (χ0v) is 13.7. The number of nitrogens with zero attached hydrogens (tertiary/aromatic N) is 6. The first-order valence-electron chi connectivity index (χ1n) is 6.32. The maximum absolute atomic E-state index is 6.27. The lowest BCUT2D eigenvalue weighted by Gasteiger charge is -2.47. The van der Waals surface area contributed by atoms with Gasteiger partial charge in [-0.3, -0.25) is 0 Å². The molecule has 111 valence electrons. The Labute approximate surface area is 120 Å². The van der Waals surface area contributed by atoms with Gasteiger partial charge in [0.15, 0.2) is 0 Å². The largest absolute Gasteiger partial charge is 0.335 e. The van der Waals surface area contributed by atoms with Crippen LogP contribution in [0.5, 0.6) is 0 Å². The summed E-state index contributed by atoms with van der Waals surface area (Å²) in [7, 11) is 9.90. The van der Waals surface area contributed by atoms with Gasteiger partial charge in [0.1, 0.15) is 11.0 Å². The third-order valence-electron chi connectivity index (χ3n) is 3.07. The van der Waals surface area contributed by atoms with Crippen LogP contribution in [0.3, 0.4) is 0 Å². The molecule has 1 radical (unpaired) electrons. The van der Waals surface area contributed by atoms with Crippen LogP contribution < -0.4 is 4.62 Å². The highest BCUT2D eigenvalue weighted by molar-refractivity contribution is 7.64. The number of aromatic nitrogens is 3. The highest BCUT2D eigenvalue weighted by atomic mass is 31.2. The second kappa shape index (κ2) is 5.61. The molecule has 0 aliphatic heterocycles. The summed E-state index contributed by atoms with van der Waals surface area (Å²) in [5, 5.41) is 8.25. The zero-order valence-electron chi connectivity index (χ0n) is 12.8. The normalized spacial score (nSPS) is 12.8. The maximum Gasteiger partial charge on any atom is 0.263 e. The molecule has 0 bridgehead atoms. The molecule has 0 spiro atoms. The summed E-state index contributed by atoms with van der Waals surface area (Å²) in [6, 6.07) is 7.76. The van der Waals surface area contributed by atoms with Crippen molar-refractivity contribution in [1.29, 1.82) is 0 Å². The Bertz CT molecular complexity index is 560. The molecule has 0 aliphatic rings. The van der Waals surface area contributed by atoms with Gasteiger partial charge in [-0.05, 0) is 59.6 Å². The third-order valence-corrected chi connectivity index (χ3v) is 6.57. The van der Waals surface area contributed by atoms with Crippen molar-refractivity contribution < 1.29 is 4.62 Å². The predicted molar refractivity (Wildman–Crippen MR) is 82.1 cm³/mol. The van der Waals surface area contributed by atoms with Gasteiger partial charge < -0.3 is 4.62 Å². The molecule has 0 atom stereocenters. The summed E-state index contributed by atoms with van der Waals surface area (Å²) in [6.07, 6.45) is 0. The fourth-order valence-corrected chi connectivity index (χ4v) is 5.22. The fraction of sp³-hybridized carbons (Fsp3) is 0.500. The second-order valence-corrected chi connectivity index (χ2v) is 8.68. The van der Waals surface area contributed by atoms with Crippen molar-refractivity contribution in [1.82, 2.24) is 29.2 Å². The van der Waals surface area contributed by atoms with Gasteiger partial charge in [0.25, 0.3) is 7.94 Å². The van der Waals surface area contributed by atoms with Crippen LogP contribution in [0.4, 0.5) is 0 Å². The van der Waals surface area contributed by atoms with Crippen LogP contribution >= 0.6 is 7.94 Å². The van der Waals surface area contributed by atoms with E-state index in [0.29, 0.717) is 0 Å². The summed E-state index contributed by atoms with van der Waals surface area (Å²) in [6.45, 7) is 0. The molecule has 0 amide bonds. The van der Waals surface area contributed by atoms with E-state index in [0.717, 1.165) is 11.0 Å². The molecule has 1 aromatic heterocycles. The molecule has 2 aromatic rings. The molecule has 0 fully saturated rings. The van der Waals surface area contributed by atoms with Gasteiger partial charge in [0, 0.05) is 0 Å². The number of fused-ring (bicyclic) bond motifs is 1. The van der Waals surface area contributed by atoms with Gasteiger partial charge >= 0.3 is 0 Å². The average molecular weight is 297 g/mol. The molecule has 0 saturated heterocycles. The van der Waals surface area contributed by atoms with Crippen LogP contribution in [0, 0.1) is 0 Å². The monoisotopic (exact) mass is 297 g/mol. The first-order valence-corrected chi connectivity index (χ1v) is 7.89.